The van der Waals surface area contributed by atoms with Crippen LogP contribution in [0.4, 0.5) is 0 Å². The van der Waals surface area contributed by atoms with E-state index in [2.05, 4.69) is 34.8 Å². The first kappa shape index (κ1) is 19.7. The first-order valence-corrected chi connectivity index (χ1v) is 10.2. The summed E-state index contributed by atoms with van der Waals surface area (Å²) >= 11 is 12.0. The normalized spacial score (nSPS) is 17.6. The van der Waals surface area contributed by atoms with Crippen LogP contribution in [0.15, 0.2) is 84.0 Å². The van der Waals surface area contributed by atoms with Crippen molar-refractivity contribution in [2.24, 2.45) is 11.0 Å². The van der Waals surface area contributed by atoms with Gasteiger partial charge in [-0.1, -0.05) is 89.9 Å². The molecule has 1 atom stereocenters. The Bertz CT molecular complexity index is 1030. The predicted molar refractivity (Wildman–Crippen MR) is 119 cm³/mol. The molecule has 1 fully saturated rings. The fourth-order valence-corrected chi connectivity index (χ4v) is 4.16. The molecule has 0 unspecified atom stereocenters. The summed E-state index contributed by atoms with van der Waals surface area (Å²) in [6.45, 7) is 1.83. The van der Waals surface area contributed by atoms with E-state index in [1.54, 1.807) is 12.1 Å². The van der Waals surface area contributed by atoms with E-state index >= 15 is 0 Å². The van der Waals surface area contributed by atoms with Crippen molar-refractivity contribution in [1.29, 1.82) is 0 Å². The van der Waals surface area contributed by atoms with E-state index in [-0.39, 0.29) is 17.2 Å². The molecule has 0 saturated heterocycles. The zero-order valence-electron chi connectivity index (χ0n) is 15.9. The van der Waals surface area contributed by atoms with Crippen molar-refractivity contribution in [3.05, 3.63) is 106 Å². The highest BCUT2D eigenvalue weighted by atomic mass is 35.5. The first-order valence-electron chi connectivity index (χ1n) is 9.43. The zero-order chi connectivity index (χ0) is 20.4. The molecule has 1 aliphatic carbocycles. The molecule has 4 rings (SSSR count). The number of benzene rings is 3. The van der Waals surface area contributed by atoms with Gasteiger partial charge in [-0.15, -0.1) is 0 Å². The van der Waals surface area contributed by atoms with Gasteiger partial charge in [-0.05, 0) is 42.2 Å². The smallest absolute Gasteiger partial charge is 0.244 e. The standard InChI is InChI=1S/C24H20Cl2N2O/c1-16(17-12-13-21(25)22(26)14-17)27-28-23(29)20-15-24(20,18-8-4-2-5-9-18)19-10-6-3-7-11-19/h2-14,20H,15H2,1H3,(H,28,29)/b27-16+/t20-/m1/s1. The molecule has 5 heteroatoms. The third-order valence-corrected chi connectivity index (χ3v) is 6.27. The van der Waals surface area contributed by atoms with Crippen molar-refractivity contribution in [3.8, 4) is 0 Å². The van der Waals surface area contributed by atoms with E-state index in [9.17, 15) is 4.79 Å². The summed E-state index contributed by atoms with van der Waals surface area (Å²) < 4.78 is 0. The second-order valence-electron chi connectivity index (χ2n) is 7.26. The van der Waals surface area contributed by atoms with Crippen LogP contribution in [0.5, 0.6) is 0 Å². The monoisotopic (exact) mass is 422 g/mol. The summed E-state index contributed by atoms with van der Waals surface area (Å²) in [7, 11) is 0. The van der Waals surface area contributed by atoms with Crippen LogP contribution < -0.4 is 5.43 Å². The second kappa shape index (κ2) is 8.02. The van der Waals surface area contributed by atoms with Crippen LogP contribution in [-0.2, 0) is 10.2 Å². The highest BCUT2D eigenvalue weighted by Gasteiger charge is 2.60. The average Bonchev–Trinajstić information content (AvgIpc) is 3.52. The van der Waals surface area contributed by atoms with E-state index in [1.165, 1.54) is 0 Å². The quantitative estimate of drug-likeness (QED) is 0.407. The van der Waals surface area contributed by atoms with E-state index in [1.807, 2.05) is 49.4 Å². The van der Waals surface area contributed by atoms with Crippen molar-refractivity contribution in [3.63, 3.8) is 0 Å². The van der Waals surface area contributed by atoms with Crippen molar-refractivity contribution in [2.45, 2.75) is 18.8 Å². The maximum absolute atomic E-state index is 13.0. The number of halogens is 2. The Morgan fingerprint density at radius 3 is 2.07 bits per heavy atom. The summed E-state index contributed by atoms with van der Waals surface area (Å²) in [5.41, 5.74) is 6.22. The lowest BCUT2D eigenvalue weighted by atomic mass is 9.85. The topological polar surface area (TPSA) is 41.5 Å². The number of amides is 1. The Labute approximate surface area is 180 Å². The van der Waals surface area contributed by atoms with E-state index in [4.69, 9.17) is 23.2 Å². The molecule has 0 spiro atoms. The van der Waals surface area contributed by atoms with Gasteiger partial charge in [0.2, 0.25) is 5.91 Å². The number of carbonyl (C=O) groups is 1. The highest BCUT2D eigenvalue weighted by molar-refractivity contribution is 6.42. The molecular weight excluding hydrogens is 403 g/mol. The largest absolute Gasteiger partial charge is 0.273 e. The van der Waals surface area contributed by atoms with Crippen molar-refractivity contribution >= 4 is 34.8 Å². The SMILES string of the molecule is C/C(=N\NC(=O)[C@H]1CC1(c1ccccc1)c1ccccc1)c1ccc(Cl)c(Cl)c1. The molecule has 3 nitrogen and oxygen atoms in total. The molecule has 1 aliphatic rings. The van der Waals surface area contributed by atoms with Crippen molar-refractivity contribution in [1.82, 2.24) is 5.43 Å². The summed E-state index contributed by atoms with van der Waals surface area (Å²) in [5.74, 6) is -0.255. The lowest BCUT2D eigenvalue weighted by Crippen LogP contribution is -2.26. The molecule has 0 radical (unpaired) electrons. The molecule has 0 bridgehead atoms. The predicted octanol–water partition coefficient (Wildman–Crippen LogP) is 5.84. The van der Waals surface area contributed by atoms with Gasteiger partial charge in [0, 0.05) is 5.41 Å². The molecule has 1 saturated carbocycles. The van der Waals surface area contributed by atoms with Gasteiger partial charge in [0.25, 0.3) is 0 Å². The molecule has 1 amide bonds. The Hall–Kier alpha value is -2.62. The summed E-state index contributed by atoms with van der Waals surface area (Å²) in [6, 6.07) is 25.7. The third kappa shape index (κ3) is 3.81. The molecule has 3 aromatic carbocycles. The summed E-state index contributed by atoms with van der Waals surface area (Å²) in [4.78, 5) is 13.0. The molecule has 146 valence electrons. The van der Waals surface area contributed by atoms with Gasteiger partial charge in [-0.3, -0.25) is 4.79 Å². The van der Waals surface area contributed by atoms with Crippen LogP contribution in [0.1, 0.15) is 30.0 Å². The van der Waals surface area contributed by atoms with Crippen LogP contribution in [0.2, 0.25) is 10.0 Å². The Morgan fingerprint density at radius 1 is 0.931 bits per heavy atom. The minimum absolute atomic E-state index is 0.0860. The molecule has 1 N–H and O–H groups in total. The van der Waals surface area contributed by atoms with Gasteiger partial charge in [0.15, 0.2) is 0 Å². The van der Waals surface area contributed by atoms with Gasteiger partial charge in [0.05, 0.1) is 21.7 Å². The lowest BCUT2D eigenvalue weighted by molar-refractivity contribution is -0.122. The summed E-state index contributed by atoms with van der Waals surface area (Å²) in [6.07, 6.45) is 0.758. The number of hydrogen-bond acceptors (Lipinski definition) is 2. The van der Waals surface area contributed by atoms with Crippen LogP contribution in [0.3, 0.4) is 0 Å². The number of nitrogens with one attached hydrogen (secondary N) is 1. The Morgan fingerprint density at radius 2 is 1.52 bits per heavy atom. The Kier molecular flexibility index (Phi) is 5.44. The first-order chi connectivity index (χ1) is 14.0. The highest BCUT2D eigenvalue weighted by Crippen LogP contribution is 2.58. The van der Waals surface area contributed by atoms with Gasteiger partial charge >= 0.3 is 0 Å². The molecule has 29 heavy (non-hydrogen) atoms. The lowest BCUT2D eigenvalue weighted by Gasteiger charge is -2.18. The van der Waals surface area contributed by atoms with E-state index in [0.29, 0.717) is 15.8 Å². The number of rotatable bonds is 5. The van der Waals surface area contributed by atoms with Crippen LogP contribution in [0.25, 0.3) is 0 Å². The van der Waals surface area contributed by atoms with Gasteiger partial charge < -0.3 is 0 Å². The van der Waals surface area contributed by atoms with Crippen LogP contribution >= 0.6 is 23.2 Å². The molecular formula is C24H20Cl2N2O. The fraction of sp³-hybridized carbons (Fsp3) is 0.167. The Balaban J connectivity index is 1.56. The number of hydrogen-bond donors (Lipinski definition) is 1. The maximum atomic E-state index is 13.0. The number of carbonyl (C=O) groups excluding carboxylic acids is 1. The molecule has 3 aromatic rings. The minimum atomic E-state index is -0.306. The fourth-order valence-electron chi connectivity index (χ4n) is 3.86. The van der Waals surface area contributed by atoms with E-state index < -0.39 is 0 Å². The molecule has 0 aliphatic heterocycles. The van der Waals surface area contributed by atoms with Gasteiger partial charge in [-0.25, -0.2) is 5.43 Å². The van der Waals surface area contributed by atoms with Crippen molar-refractivity contribution < 1.29 is 4.79 Å². The zero-order valence-corrected chi connectivity index (χ0v) is 17.4. The third-order valence-electron chi connectivity index (χ3n) is 5.53. The van der Waals surface area contributed by atoms with Gasteiger partial charge in [-0.2, -0.15) is 5.10 Å². The maximum Gasteiger partial charge on any atom is 0.244 e. The summed E-state index contributed by atoms with van der Waals surface area (Å²) in [5, 5.41) is 5.24. The molecule has 0 heterocycles. The van der Waals surface area contributed by atoms with Crippen molar-refractivity contribution in [2.75, 3.05) is 0 Å². The van der Waals surface area contributed by atoms with E-state index in [0.717, 1.165) is 23.1 Å². The number of nitrogens with zero attached hydrogens (tertiary/aromatic N) is 1. The average molecular weight is 423 g/mol. The number of hydrazone groups is 1. The molecule has 0 aromatic heterocycles. The minimum Gasteiger partial charge on any atom is -0.273 e. The van der Waals surface area contributed by atoms with Gasteiger partial charge in [0.1, 0.15) is 0 Å². The van der Waals surface area contributed by atoms with Crippen LogP contribution in [0, 0.1) is 5.92 Å². The second-order valence-corrected chi connectivity index (χ2v) is 8.08. The van der Waals surface area contributed by atoms with Crippen LogP contribution in [-0.4, -0.2) is 11.6 Å².